The number of carbonyl (C=O) groups excluding carboxylic acids is 1. The predicted molar refractivity (Wildman–Crippen MR) is 82.5 cm³/mol. The fourth-order valence-electron chi connectivity index (χ4n) is 3.20. The maximum atomic E-state index is 13.0. The summed E-state index contributed by atoms with van der Waals surface area (Å²) in [5, 5.41) is 0.456. The lowest BCUT2D eigenvalue weighted by atomic mass is 9.97. The minimum absolute atomic E-state index is 0.0443. The van der Waals surface area contributed by atoms with Crippen molar-refractivity contribution in [2.24, 2.45) is 0 Å². The van der Waals surface area contributed by atoms with Gasteiger partial charge in [0.1, 0.15) is 12.1 Å². The van der Waals surface area contributed by atoms with Crippen molar-refractivity contribution in [2.75, 3.05) is 13.2 Å². The quantitative estimate of drug-likeness (QED) is 0.757. The summed E-state index contributed by atoms with van der Waals surface area (Å²) in [5.74, 6) is -0.445. The van der Waals surface area contributed by atoms with Gasteiger partial charge in [-0.25, -0.2) is 8.42 Å². The number of halogens is 2. The van der Waals surface area contributed by atoms with Crippen LogP contribution in [0.5, 0.6) is 0 Å². The van der Waals surface area contributed by atoms with Gasteiger partial charge in [-0.3, -0.25) is 4.79 Å². The number of sulfonamides is 1. The van der Waals surface area contributed by atoms with E-state index in [1.54, 1.807) is 0 Å². The summed E-state index contributed by atoms with van der Waals surface area (Å²) < 4.78 is 32.4. The van der Waals surface area contributed by atoms with Crippen LogP contribution in [0.25, 0.3) is 0 Å². The third kappa shape index (κ3) is 2.42. The van der Waals surface area contributed by atoms with Crippen molar-refractivity contribution in [3.8, 4) is 0 Å². The van der Waals surface area contributed by atoms with Gasteiger partial charge in [-0.1, -0.05) is 36.0 Å². The van der Waals surface area contributed by atoms with Gasteiger partial charge in [0.25, 0.3) is 0 Å². The maximum absolute atomic E-state index is 13.0. The highest BCUT2D eigenvalue weighted by Crippen LogP contribution is 2.41. The molecule has 1 heterocycles. The molecule has 0 bridgehead atoms. The highest BCUT2D eigenvalue weighted by atomic mass is 35.5. The van der Waals surface area contributed by atoms with Crippen LogP contribution in [0, 0.1) is 0 Å². The van der Waals surface area contributed by atoms with Crippen molar-refractivity contribution < 1.29 is 17.9 Å². The Balaban J connectivity index is 2.06. The Morgan fingerprint density at radius 1 is 1.14 bits per heavy atom. The van der Waals surface area contributed by atoms with E-state index in [-0.39, 0.29) is 28.1 Å². The molecule has 1 saturated heterocycles. The molecule has 2 fully saturated rings. The van der Waals surface area contributed by atoms with Gasteiger partial charge < -0.3 is 4.74 Å². The highest BCUT2D eigenvalue weighted by molar-refractivity contribution is 7.89. The van der Waals surface area contributed by atoms with E-state index in [4.69, 9.17) is 27.9 Å². The van der Waals surface area contributed by atoms with E-state index in [2.05, 4.69) is 0 Å². The monoisotopic (exact) mass is 363 g/mol. The van der Waals surface area contributed by atoms with Crippen LogP contribution in [0.4, 0.5) is 0 Å². The van der Waals surface area contributed by atoms with Crippen LogP contribution in [0.15, 0.2) is 23.1 Å². The molecule has 5 nitrogen and oxygen atoms in total. The number of benzene rings is 1. The minimum atomic E-state index is -3.84. The third-order valence-electron chi connectivity index (χ3n) is 4.29. The fraction of sp³-hybridized carbons (Fsp3) is 0.500. The molecule has 120 valence electrons. The molecule has 0 unspecified atom stereocenters. The van der Waals surface area contributed by atoms with E-state index in [1.165, 1.54) is 22.5 Å². The summed E-state index contributed by atoms with van der Waals surface area (Å²) in [6, 6.07) is 4.17. The van der Waals surface area contributed by atoms with Crippen molar-refractivity contribution in [2.45, 2.75) is 36.1 Å². The Morgan fingerprint density at radius 2 is 1.82 bits per heavy atom. The first kappa shape index (κ1) is 16.1. The third-order valence-corrected chi connectivity index (χ3v) is 7.00. The van der Waals surface area contributed by atoms with E-state index in [1.807, 2.05) is 0 Å². The molecule has 1 aromatic rings. The highest BCUT2D eigenvalue weighted by Gasteiger charge is 2.54. The Labute approximate surface area is 139 Å². The standard InChI is InChI=1S/C14H15Cl2NO4S/c15-11-4-3-10(9-12(11)16)22(19,20)17-7-8-21-13(18)14(17)5-1-2-6-14/h3-4,9H,1-2,5-8H2. The lowest BCUT2D eigenvalue weighted by molar-refractivity contribution is -0.162. The normalized spacial score (nSPS) is 22.0. The van der Waals surface area contributed by atoms with E-state index in [9.17, 15) is 13.2 Å². The Kier molecular flexibility index (Phi) is 4.14. The maximum Gasteiger partial charge on any atom is 0.327 e. The second-order valence-corrected chi connectivity index (χ2v) is 8.20. The molecule has 8 heteroatoms. The molecule has 1 spiro atoms. The molecule has 0 N–H and O–H groups in total. The first-order chi connectivity index (χ1) is 10.4. The zero-order chi connectivity index (χ0) is 16.0. The van der Waals surface area contributed by atoms with Crippen molar-refractivity contribution in [3.05, 3.63) is 28.2 Å². The number of morpholine rings is 1. The zero-order valence-electron chi connectivity index (χ0n) is 11.7. The summed E-state index contributed by atoms with van der Waals surface area (Å²) in [6.45, 7) is 0.232. The summed E-state index contributed by atoms with van der Waals surface area (Å²) in [4.78, 5) is 12.3. The molecular formula is C14H15Cl2NO4S. The van der Waals surface area contributed by atoms with Crippen molar-refractivity contribution in [1.29, 1.82) is 0 Å². The van der Waals surface area contributed by atoms with Gasteiger partial charge in [0.05, 0.1) is 14.9 Å². The SMILES string of the molecule is O=C1OCCN(S(=O)(=O)c2ccc(Cl)c(Cl)c2)C12CCCC2. The average Bonchev–Trinajstić information content (AvgIpc) is 2.95. The van der Waals surface area contributed by atoms with Crippen molar-refractivity contribution in [1.82, 2.24) is 4.31 Å². The van der Waals surface area contributed by atoms with Gasteiger partial charge in [-0.05, 0) is 31.0 Å². The molecule has 2 aliphatic rings. The number of rotatable bonds is 2. The number of hydrogen-bond acceptors (Lipinski definition) is 4. The smallest absolute Gasteiger partial charge is 0.327 e. The van der Waals surface area contributed by atoms with Crippen LogP contribution in [0.1, 0.15) is 25.7 Å². The summed E-state index contributed by atoms with van der Waals surface area (Å²) >= 11 is 11.8. The van der Waals surface area contributed by atoms with E-state index < -0.39 is 21.5 Å². The van der Waals surface area contributed by atoms with Gasteiger partial charge >= 0.3 is 5.97 Å². The molecule has 0 atom stereocenters. The van der Waals surface area contributed by atoms with Crippen LogP contribution in [0.2, 0.25) is 10.0 Å². The molecular weight excluding hydrogens is 349 g/mol. The molecule has 1 saturated carbocycles. The second kappa shape index (κ2) is 5.67. The minimum Gasteiger partial charge on any atom is -0.463 e. The van der Waals surface area contributed by atoms with Crippen LogP contribution < -0.4 is 0 Å². The number of nitrogens with zero attached hydrogens (tertiary/aromatic N) is 1. The predicted octanol–water partition coefficient (Wildman–Crippen LogP) is 2.85. The number of hydrogen-bond donors (Lipinski definition) is 0. The molecule has 1 aromatic carbocycles. The fourth-order valence-corrected chi connectivity index (χ4v) is 5.36. The molecule has 1 aliphatic carbocycles. The Bertz CT molecular complexity index is 714. The van der Waals surface area contributed by atoms with Gasteiger partial charge in [-0.2, -0.15) is 4.31 Å². The van der Waals surface area contributed by atoms with Crippen LogP contribution >= 0.6 is 23.2 Å². The van der Waals surface area contributed by atoms with Crippen LogP contribution in [0.3, 0.4) is 0 Å². The van der Waals surface area contributed by atoms with Crippen molar-refractivity contribution >= 4 is 39.2 Å². The number of ether oxygens (including phenoxy) is 1. The lowest BCUT2D eigenvalue weighted by Gasteiger charge is -2.41. The van der Waals surface area contributed by atoms with E-state index >= 15 is 0 Å². The average molecular weight is 364 g/mol. The topological polar surface area (TPSA) is 63.7 Å². The van der Waals surface area contributed by atoms with Crippen LogP contribution in [-0.4, -0.2) is 37.4 Å². The second-order valence-electron chi connectivity index (χ2n) is 5.53. The first-order valence-electron chi connectivity index (χ1n) is 7.03. The van der Waals surface area contributed by atoms with E-state index in [0.29, 0.717) is 12.8 Å². The zero-order valence-corrected chi connectivity index (χ0v) is 14.0. The van der Waals surface area contributed by atoms with Gasteiger partial charge in [0, 0.05) is 6.54 Å². The summed E-state index contributed by atoms with van der Waals surface area (Å²) in [6.07, 6.45) is 2.60. The molecule has 1 aliphatic heterocycles. The molecule has 0 radical (unpaired) electrons. The molecule has 0 aromatic heterocycles. The van der Waals surface area contributed by atoms with Gasteiger partial charge in [0.2, 0.25) is 10.0 Å². The molecule has 0 amide bonds. The van der Waals surface area contributed by atoms with Gasteiger partial charge in [0.15, 0.2) is 0 Å². The van der Waals surface area contributed by atoms with Crippen LogP contribution in [-0.2, 0) is 19.6 Å². The summed E-state index contributed by atoms with van der Waals surface area (Å²) in [7, 11) is -3.84. The number of carbonyl (C=O) groups is 1. The van der Waals surface area contributed by atoms with Gasteiger partial charge in [-0.15, -0.1) is 0 Å². The summed E-state index contributed by atoms with van der Waals surface area (Å²) in [5.41, 5.74) is -1.07. The number of esters is 1. The molecule has 3 rings (SSSR count). The molecule has 22 heavy (non-hydrogen) atoms. The largest absolute Gasteiger partial charge is 0.463 e. The number of cyclic esters (lactones) is 1. The van der Waals surface area contributed by atoms with Crippen molar-refractivity contribution in [3.63, 3.8) is 0 Å². The lowest BCUT2D eigenvalue weighted by Crippen LogP contribution is -2.60. The van der Waals surface area contributed by atoms with E-state index in [0.717, 1.165) is 12.8 Å². The first-order valence-corrected chi connectivity index (χ1v) is 9.23. The Morgan fingerprint density at radius 3 is 2.45 bits per heavy atom. The Hall–Kier alpha value is -0.820.